The third kappa shape index (κ3) is 26.6. The SMILES string of the molecule is CC(=O)OCCCCCCCCCCCCCCCCCCC[Si](Cl)(Cl)Cl. The van der Waals surface area contributed by atoms with Gasteiger partial charge in [0.1, 0.15) is 0 Å². The van der Waals surface area contributed by atoms with Gasteiger partial charge in [-0.15, -0.1) is 33.2 Å². The zero-order chi connectivity index (χ0) is 20.2. The normalized spacial score (nSPS) is 11.7. The number of esters is 1. The first kappa shape index (κ1) is 27.6. The van der Waals surface area contributed by atoms with Crippen LogP contribution >= 0.6 is 33.2 Å². The summed E-state index contributed by atoms with van der Waals surface area (Å²) in [5, 5.41) is 0. The van der Waals surface area contributed by atoms with Crippen LogP contribution in [0.2, 0.25) is 6.04 Å². The number of hydrogen-bond acceptors (Lipinski definition) is 2. The fraction of sp³-hybridized carbons (Fsp3) is 0.952. The third-order valence-corrected chi connectivity index (χ3v) is 7.53. The molecule has 0 aliphatic carbocycles. The summed E-state index contributed by atoms with van der Waals surface area (Å²) in [5.41, 5.74) is 0. The van der Waals surface area contributed by atoms with Gasteiger partial charge in [-0.25, -0.2) is 0 Å². The van der Waals surface area contributed by atoms with E-state index >= 15 is 0 Å². The maximum atomic E-state index is 10.6. The van der Waals surface area contributed by atoms with Crippen LogP contribution in [-0.4, -0.2) is 18.6 Å². The van der Waals surface area contributed by atoms with Gasteiger partial charge in [-0.05, 0) is 12.5 Å². The molecule has 0 radical (unpaired) electrons. The van der Waals surface area contributed by atoms with Gasteiger partial charge in [0.15, 0.2) is 0 Å². The molecule has 0 rings (SSSR count). The predicted molar refractivity (Wildman–Crippen MR) is 123 cm³/mol. The van der Waals surface area contributed by atoms with Crippen LogP contribution in [0.4, 0.5) is 0 Å². The maximum Gasteiger partial charge on any atom is 0.341 e. The lowest BCUT2D eigenvalue weighted by Gasteiger charge is -2.07. The highest BCUT2D eigenvalue weighted by molar-refractivity contribution is 7.64. The summed E-state index contributed by atoms with van der Waals surface area (Å²) in [6.07, 6.45) is 22.2. The van der Waals surface area contributed by atoms with Gasteiger partial charge >= 0.3 is 12.0 Å². The molecule has 0 aliphatic heterocycles. The summed E-state index contributed by atoms with van der Waals surface area (Å²) in [7, 11) is 0. The molecule has 0 bridgehead atoms. The Labute approximate surface area is 183 Å². The second-order valence-electron chi connectivity index (χ2n) is 7.72. The minimum absolute atomic E-state index is 0.162. The number of halogens is 3. The van der Waals surface area contributed by atoms with E-state index in [1.54, 1.807) is 0 Å². The van der Waals surface area contributed by atoms with E-state index in [2.05, 4.69) is 0 Å². The van der Waals surface area contributed by atoms with E-state index in [4.69, 9.17) is 38.0 Å². The van der Waals surface area contributed by atoms with E-state index in [1.165, 1.54) is 103 Å². The molecule has 0 aliphatic rings. The van der Waals surface area contributed by atoms with Crippen LogP contribution in [0.25, 0.3) is 0 Å². The molecule has 0 heterocycles. The molecule has 0 N–H and O–H groups in total. The predicted octanol–water partition coefficient (Wildman–Crippen LogP) is 8.84. The van der Waals surface area contributed by atoms with Crippen molar-refractivity contribution in [2.75, 3.05) is 6.61 Å². The quantitative estimate of drug-likeness (QED) is 0.0786. The van der Waals surface area contributed by atoms with E-state index in [-0.39, 0.29) is 5.97 Å². The van der Waals surface area contributed by atoms with Gasteiger partial charge in [-0.3, -0.25) is 4.79 Å². The molecule has 0 saturated carbocycles. The Hall–Kier alpha value is 0.557. The Bertz CT molecular complexity index is 336. The molecule has 0 saturated heterocycles. The van der Waals surface area contributed by atoms with Crippen LogP contribution in [0.5, 0.6) is 0 Å². The first-order valence-corrected chi connectivity index (χ1v) is 16.4. The molecular weight excluding hydrogens is 419 g/mol. The summed E-state index contributed by atoms with van der Waals surface area (Å²) < 4.78 is 4.93. The molecule has 0 atom stereocenters. The monoisotopic (exact) mass is 458 g/mol. The Morgan fingerprint density at radius 2 is 0.889 bits per heavy atom. The van der Waals surface area contributed by atoms with Crippen LogP contribution < -0.4 is 0 Å². The van der Waals surface area contributed by atoms with E-state index in [0.717, 1.165) is 18.9 Å². The first-order valence-electron chi connectivity index (χ1n) is 11.1. The Morgan fingerprint density at radius 3 is 1.19 bits per heavy atom. The zero-order valence-corrected chi connectivity index (χ0v) is 20.7. The summed E-state index contributed by atoms with van der Waals surface area (Å²) in [6, 6.07) is -1.56. The number of carbonyl (C=O) groups is 1. The van der Waals surface area contributed by atoms with Gasteiger partial charge in [-0.1, -0.05) is 103 Å². The number of carbonyl (C=O) groups excluding carboxylic acids is 1. The molecule has 0 aromatic carbocycles. The van der Waals surface area contributed by atoms with Gasteiger partial charge in [0.2, 0.25) is 0 Å². The minimum Gasteiger partial charge on any atom is -0.466 e. The molecular formula is C21H41Cl3O2Si. The molecule has 6 heteroatoms. The first-order chi connectivity index (χ1) is 12.9. The molecule has 2 nitrogen and oxygen atoms in total. The maximum absolute atomic E-state index is 10.6. The van der Waals surface area contributed by atoms with E-state index in [9.17, 15) is 4.79 Å². The molecule has 0 spiro atoms. The van der Waals surface area contributed by atoms with Crippen molar-refractivity contribution in [3.63, 3.8) is 0 Å². The van der Waals surface area contributed by atoms with E-state index < -0.39 is 6.00 Å². The van der Waals surface area contributed by atoms with Crippen LogP contribution in [0.15, 0.2) is 0 Å². The fourth-order valence-corrected chi connectivity index (χ4v) is 5.15. The second-order valence-corrected chi connectivity index (χ2v) is 17.0. The van der Waals surface area contributed by atoms with Gasteiger partial charge in [0.25, 0.3) is 0 Å². The van der Waals surface area contributed by atoms with Crippen molar-refractivity contribution < 1.29 is 9.53 Å². The average molecular weight is 460 g/mol. The van der Waals surface area contributed by atoms with Gasteiger partial charge in [-0.2, -0.15) is 0 Å². The summed E-state index contributed by atoms with van der Waals surface area (Å²) in [4.78, 5) is 10.6. The number of ether oxygens (including phenoxy) is 1. The number of unbranched alkanes of at least 4 members (excludes halogenated alkanes) is 16. The molecule has 162 valence electrons. The Morgan fingerprint density at radius 1 is 0.593 bits per heavy atom. The summed E-state index contributed by atoms with van der Waals surface area (Å²) in [5.74, 6) is -0.162. The van der Waals surface area contributed by atoms with Crippen molar-refractivity contribution in [2.45, 2.75) is 122 Å². The minimum atomic E-state index is -2.37. The van der Waals surface area contributed by atoms with Crippen LogP contribution in [0, 0.1) is 0 Å². The number of hydrogen-bond donors (Lipinski definition) is 0. The Kier molecular flexibility index (Phi) is 20.3. The lowest BCUT2D eigenvalue weighted by molar-refractivity contribution is -0.141. The molecule has 0 fully saturated rings. The van der Waals surface area contributed by atoms with Crippen LogP contribution in [0.3, 0.4) is 0 Å². The molecule has 27 heavy (non-hydrogen) atoms. The van der Waals surface area contributed by atoms with Crippen LogP contribution in [0.1, 0.15) is 116 Å². The zero-order valence-electron chi connectivity index (χ0n) is 17.4. The smallest absolute Gasteiger partial charge is 0.341 e. The number of rotatable bonds is 20. The highest BCUT2D eigenvalue weighted by atomic mass is 35.8. The van der Waals surface area contributed by atoms with Crippen molar-refractivity contribution in [3.8, 4) is 0 Å². The third-order valence-electron chi connectivity index (χ3n) is 4.91. The van der Waals surface area contributed by atoms with Crippen molar-refractivity contribution in [3.05, 3.63) is 0 Å². The average Bonchev–Trinajstić information content (AvgIpc) is 2.58. The second kappa shape index (κ2) is 19.9. The van der Waals surface area contributed by atoms with Gasteiger partial charge in [0, 0.05) is 6.92 Å². The lowest BCUT2D eigenvalue weighted by Crippen LogP contribution is -2.07. The summed E-state index contributed by atoms with van der Waals surface area (Å²) >= 11 is 17.6. The molecule has 0 unspecified atom stereocenters. The van der Waals surface area contributed by atoms with Gasteiger partial charge < -0.3 is 4.74 Å². The highest BCUT2D eigenvalue weighted by Gasteiger charge is 2.23. The highest BCUT2D eigenvalue weighted by Crippen LogP contribution is 2.27. The van der Waals surface area contributed by atoms with Crippen molar-refractivity contribution in [2.24, 2.45) is 0 Å². The molecule has 0 aromatic heterocycles. The Balaban J connectivity index is 3.04. The topological polar surface area (TPSA) is 26.3 Å². The molecule has 0 aromatic rings. The standard InChI is InChI=1S/C21H41Cl3O2Si/c1-21(25)26-19-17-15-13-11-9-7-5-3-2-4-6-8-10-12-14-16-18-20-27(22,23)24/h2-20H2,1H3. The molecule has 0 amide bonds. The van der Waals surface area contributed by atoms with Crippen LogP contribution in [-0.2, 0) is 9.53 Å². The fourth-order valence-electron chi connectivity index (χ4n) is 3.30. The summed E-state index contributed by atoms with van der Waals surface area (Å²) in [6.45, 7) is 2.06. The van der Waals surface area contributed by atoms with E-state index in [0.29, 0.717) is 6.61 Å². The van der Waals surface area contributed by atoms with E-state index in [1.807, 2.05) is 0 Å². The largest absolute Gasteiger partial charge is 0.466 e. The lowest BCUT2D eigenvalue weighted by atomic mass is 10.0. The van der Waals surface area contributed by atoms with Gasteiger partial charge in [0.05, 0.1) is 6.61 Å². The van der Waals surface area contributed by atoms with Crippen molar-refractivity contribution >= 4 is 45.2 Å². The van der Waals surface area contributed by atoms with Crippen molar-refractivity contribution in [1.29, 1.82) is 0 Å². The van der Waals surface area contributed by atoms with Crippen molar-refractivity contribution in [1.82, 2.24) is 0 Å².